The van der Waals surface area contributed by atoms with Crippen LogP contribution >= 0.6 is 0 Å². The summed E-state index contributed by atoms with van der Waals surface area (Å²) in [7, 11) is 0. The highest BCUT2D eigenvalue weighted by Crippen LogP contribution is 2.56. The lowest BCUT2D eigenvalue weighted by molar-refractivity contribution is 0.671. The molecule has 0 atom stereocenters. The van der Waals surface area contributed by atoms with Gasteiger partial charge in [0.25, 0.3) is 6.71 Å². The van der Waals surface area contributed by atoms with Gasteiger partial charge in [0.15, 0.2) is 0 Å². The van der Waals surface area contributed by atoms with Gasteiger partial charge in [-0.1, -0.05) is 249 Å². The molecule has 0 amide bonds. The first kappa shape index (κ1) is 56.7. The SMILES string of the molecule is N#Cc1ccc2c(c1)c1ccccc1n2-c1ccc2c(c1)N(c1c(-c3ccccc3)cccc1-c1ccccc1)c1cc(-c3ccccc3)cc3c1B2c1c(cc(-n2c4ccccc4c4cc(C#N)ccc42)c2c1oc1ccccc12)N3c1c(-c2ccccc2)cccc1-c1ccccc1. The Morgan fingerprint density at radius 1 is 0.290 bits per heavy atom. The molecule has 7 nitrogen and oxygen atoms in total. The molecule has 0 bridgehead atoms. The van der Waals surface area contributed by atoms with Crippen molar-refractivity contribution in [2.75, 3.05) is 9.80 Å². The largest absolute Gasteiger partial charge is 0.456 e. The minimum atomic E-state index is -0.459. The minimum Gasteiger partial charge on any atom is -0.456 e. The number of hydrogen-bond acceptors (Lipinski definition) is 5. The molecule has 20 rings (SSSR count). The lowest BCUT2D eigenvalue weighted by Crippen LogP contribution is -2.61. The Labute approximate surface area is 577 Å². The molecule has 2 aliphatic rings. The van der Waals surface area contributed by atoms with E-state index in [1.54, 1.807) is 0 Å². The van der Waals surface area contributed by atoms with Gasteiger partial charge in [0.1, 0.15) is 11.2 Å². The minimum absolute atomic E-state index is 0.459. The van der Waals surface area contributed by atoms with Crippen LogP contribution < -0.4 is 26.2 Å². The van der Waals surface area contributed by atoms with Crippen molar-refractivity contribution in [3.8, 4) is 79.1 Å². The summed E-state index contributed by atoms with van der Waals surface area (Å²) in [6.45, 7) is -0.459. The smallest absolute Gasteiger partial charge is 0.257 e. The van der Waals surface area contributed by atoms with Crippen LogP contribution in [-0.4, -0.2) is 15.8 Å². The monoisotopic (exact) mass is 1270 g/mol. The van der Waals surface area contributed by atoms with Gasteiger partial charge in [-0.05, 0) is 135 Å². The molecule has 0 aliphatic carbocycles. The predicted octanol–water partition coefficient (Wildman–Crippen LogP) is 21.9. The van der Waals surface area contributed by atoms with Crippen LogP contribution in [0.3, 0.4) is 0 Å². The Hall–Kier alpha value is -13.7. The van der Waals surface area contributed by atoms with Crippen LogP contribution in [0, 0.1) is 22.7 Å². The van der Waals surface area contributed by atoms with Crippen LogP contribution in [0.1, 0.15) is 11.1 Å². The van der Waals surface area contributed by atoms with Crippen LogP contribution in [-0.2, 0) is 0 Å². The number of anilines is 6. The van der Waals surface area contributed by atoms with Crippen molar-refractivity contribution in [3.63, 3.8) is 0 Å². The second kappa shape index (κ2) is 22.5. The summed E-state index contributed by atoms with van der Waals surface area (Å²) in [6.07, 6.45) is 0. The molecular formula is C92H55BN6O. The van der Waals surface area contributed by atoms with Crippen molar-refractivity contribution in [1.29, 1.82) is 10.5 Å². The molecule has 2 aliphatic heterocycles. The average molecular weight is 1270 g/mol. The molecule has 0 spiro atoms. The highest BCUT2D eigenvalue weighted by Gasteiger charge is 2.48. The summed E-state index contributed by atoms with van der Waals surface area (Å²) in [5.74, 6) is 0. The number of rotatable bonds is 9. The number of hydrogen-bond donors (Lipinski definition) is 0. The van der Waals surface area contributed by atoms with Gasteiger partial charge in [-0.25, -0.2) is 0 Å². The van der Waals surface area contributed by atoms with E-state index in [2.05, 4.69) is 340 Å². The molecule has 462 valence electrons. The summed E-state index contributed by atoms with van der Waals surface area (Å²) in [6, 6.07) is 125. The van der Waals surface area contributed by atoms with E-state index in [-0.39, 0.29) is 0 Å². The van der Waals surface area contributed by atoms with E-state index in [1.165, 1.54) is 0 Å². The van der Waals surface area contributed by atoms with Gasteiger partial charge in [0, 0.05) is 77.6 Å². The van der Waals surface area contributed by atoms with Crippen molar-refractivity contribution >= 4 is 123 Å². The maximum Gasteiger partial charge on any atom is 0.257 e. The van der Waals surface area contributed by atoms with Gasteiger partial charge in [-0.3, -0.25) is 0 Å². The third-order valence-corrected chi connectivity index (χ3v) is 20.7. The van der Waals surface area contributed by atoms with E-state index in [0.717, 1.165) is 183 Å². The first-order valence-corrected chi connectivity index (χ1v) is 33.9. The number of aromatic nitrogens is 2. The second-order valence-electron chi connectivity index (χ2n) is 26.0. The number of nitrogens with zero attached hydrogens (tertiary/aromatic N) is 6. The fourth-order valence-electron chi connectivity index (χ4n) is 16.5. The Morgan fingerprint density at radius 3 is 1.22 bits per heavy atom. The molecule has 5 heterocycles. The molecule has 0 radical (unpaired) electrons. The quantitative estimate of drug-likeness (QED) is 0.135. The zero-order valence-electron chi connectivity index (χ0n) is 53.9. The van der Waals surface area contributed by atoms with Gasteiger partial charge in [-0.15, -0.1) is 0 Å². The fraction of sp³-hybridized carbons (Fsp3) is 0. The molecule has 100 heavy (non-hydrogen) atoms. The third-order valence-electron chi connectivity index (χ3n) is 20.7. The molecule has 0 N–H and O–H groups in total. The molecule has 15 aromatic carbocycles. The highest BCUT2D eigenvalue weighted by molar-refractivity contribution is 7.01. The zero-order chi connectivity index (χ0) is 66.1. The van der Waals surface area contributed by atoms with E-state index in [1.807, 2.05) is 24.3 Å². The summed E-state index contributed by atoms with van der Waals surface area (Å²) in [5.41, 5.74) is 28.7. The number of para-hydroxylation sites is 5. The van der Waals surface area contributed by atoms with Gasteiger partial charge in [0.2, 0.25) is 0 Å². The lowest BCUT2D eigenvalue weighted by Gasteiger charge is -2.46. The van der Waals surface area contributed by atoms with E-state index < -0.39 is 6.71 Å². The Kier molecular flexibility index (Phi) is 12.7. The van der Waals surface area contributed by atoms with Gasteiger partial charge in [0.05, 0.1) is 67.8 Å². The van der Waals surface area contributed by atoms with Crippen molar-refractivity contribution in [2.45, 2.75) is 0 Å². The molecule has 0 saturated heterocycles. The van der Waals surface area contributed by atoms with E-state index in [4.69, 9.17) is 4.42 Å². The van der Waals surface area contributed by atoms with Crippen molar-refractivity contribution < 1.29 is 4.42 Å². The second-order valence-corrected chi connectivity index (χ2v) is 26.0. The van der Waals surface area contributed by atoms with Crippen molar-refractivity contribution in [2.24, 2.45) is 0 Å². The lowest BCUT2D eigenvalue weighted by atomic mass is 9.33. The molecule has 0 unspecified atom stereocenters. The number of furan rings is 1. The normalized spacial score (nSPS) is 12.3. The van der Waals surface area contributed by atoms with E-state index in [9.17, 15) is 10.5 Å². The molecule has 0 fully saturated rings. The number of fused-ring (bicyclic) bond motifs is 14. The Balaban J connectivity index is 1.01. The van der Waals surface area contributed by atoms with Crippen LogP contribution in [0.5, 0.6) is 0 Å². The summed E-state index contributed by atoms with van der Waals surface area (Å²) < 4.78 is 12.6. The van der Waals surface area contributed by atoms with Gasteiger partial charge in [-0.2, -0.15) is 10.5 Å². The standard InChI is InChI=1S/C92H55BN6O/c94-56-58-44-48-79-74(50-58)71-34-16-19-41-77(71)96(79)66-46-47-76-81(54-66)98(90-67(61-26-8-2-9-27-61)37-22-38-68(90)62-28-10-3-11-29-62)83-52-65(60-24-6-1-7-25-60)53-84-88(83)93(76)89-85(99(84)91-69(63-30-12-4-13-31-63)39-23-40-70(91)64-32-14-5-15-33-64)55-82(87-73-36-18-21-43-86(73)100-92(87)89)97-78-42-20-17-35-72(78)75-51-59(57-95)45-49-80(75)97/h1-55H. The van der Waals surface area contributed by atoms with Crippen LogP contribution in [0.2, 0.25) is 0 Å². The first-order valence-electron chi connectivity index (χ1n) is 33.9. The molecule has 18 aromatic rings. The predicted molar refractivity (Wildman–Crippen MR) is 413 cm³/mol. The van der Waals surface area contributed by atoms with E-state index >= 15 is 0 Å². The van der Waals surface area contributed by atoms with Crippen LogP contribution in [0.25, 0.3) is 133 Å². The third kappa shape index (κ3) is 8.51. The Bertz CT molecular complexity index is 6370. The molecular weight excluding hydrogens is 1220 g/mol. The molecule has 8 heteroatoms. The maximum atomic E-state index is 10.5. The summed E-state index contributed by atoms with van der Waals surface area (Å²) >= 11 is 0. The van der Waals surface area contributed by atoms with Gasteiger partial charge >= 0.3 is 0 Å². The zero-order valence-corrected chi connectivity index (χ0v) is 53.9. The highest BCUT2D eigenvalue weighted by atomic mass is 16.3. The van der Waals surface area contributed by atoms with Gasteiger partial charge < -0.3 is 23.4 Å². The summed E-state index contributed by atoms with van der Waals surface area (Å²) in [4.78, 5) is 5.21. The summed E-state index contributed by atoms with van der Waals surface area (Å²) in [5, 5.41) is 27.0. The topological polar surface area (TPSA) is 77.1 Å². The van der Waals surface area contributed by atoms with Crippen LogP contribution in [0.4, 0.5) is 34.1 Å². The number of benzene rings is 15. The van der Waals surface area contributed by atoms with Crippen molar-refractivity contribution in [3.05, 3.63) is 345 Å². The average Bonchev–Trinajstić information content (AvgIpc) is 0.990. The van der Waals surface area contributed by atoms with Crippen molar-refractivity contribution in [1.82, 2.24) is 9.13 Å². The van der Waals surface area contributed by atoms with E-state index in [0.29, 0.717) is 11.1 Å². The fourth-order valence-corrected chi connectivity index (χ4v) is 16.5. The first-order chi connectivity index (χ1) is 49.6. The Morgan fingerprint density at radius 2 is 0.710 bits per heavy atom. The molecule has 0 saturated carbocycles. The maximum absolute atomic E-state index is 10.5. The molecule has 3 aromatic heterocycles. The van der Waals surface area contributed by atoms with Crippen LogP contribution in [0.15, 0.2) is 338 Å². The number of nitriles is 2.